The largest absolute Gasteiger partial charge is 0.388 e. The Morgan fingerprint density at radius 1 is 1.29 bits per heavy atom. The summed E-state index contributed by atoms with van der Waals surface area (Å²) in [5.74, 6) is 0.436. The van der Waals surface area contributed by atoms with Crippen LogP contribution in [0.25, 0.3) is 0 Å². The maximum absolute atomic E-state index is 12.4. The highest BCUT2D eigenvalue weighted by Gasteiger charge is 2.24. The molecule has 0 spiro atoms. The van der Waals surface area contributed by atoms with Crippen LogP contribution in [0, 0.1) is 5.92 Å². The van der Waals surface area contributed by atoms with Crippen molar-refractivity contribution in [2.24, 2.45) is 5.92 Å². The Morgan fingerprint density at radius 3 is 2.65 bits per heavy atom. The maximum atomic E-state index is 12.4. The third-order valence-electron chi connectivity index (χ3n) is 3.49. The lowest BCUT2D eigenvalue weighted by molar-refractivity contribution is 0.0890. The molecule has 1 aliphatic carbocycles. The SMILES string of the molecule is CNc1ccc(Cl)cc1C(=O)C1CCCCC1. The molecule has 0 unspecified atom stereocenters. The van der Waals surface area contributed by atoms with E-state index in [1.807, 2.05) is 19.2 Å². The van der Waals surface area contributed by atoms with Gasteiger partial charge in [-0.1, -0.05) is 30.9 Å². The Bertz CT molecular complexity index is 411. The predicted molar refractivity (Wildman–Crippen MR) is 71.9 cm³/mol. The molecule has 17 heavy (non-hydrogen) atoms. The first kappa shape index (κ1) is 12.4. The van der Waals surface area contributed by atoms with E-state index >= 15 is 0 Å². The Balaban J connectivity index is 2.25. The number of hydrogen-bond acceptors (Lipinski definition) is 2. The number of benzene rings is 1. The lowest BCUT2D eigenvalue weighted by atomic mass is 9.83. The van der Waals surface area contributed by atoms with Crippen LogP contribution in [-0.4, -0.2) is 12.8 Å². The minimum absolute atomic E-state index is 0.189. The lowest BCUT2D eigenvalue weighted by Gasteiger charge is -2.21. The van der Waals surface area contributed by atoms with Crippen molar-refractivity contribution in [3.05, 3.63) is 28.8 Å². The molecule has 0 radical (unpaired) electrons. The van der Waals surface area contributed by atoms with Gasteiger partial charge in [0.1, 0.15) is 0 Å². The van der Waals surface area contributed by atoms with Crippen molar-refractivity contribution in [3.8, 4) is 0 Å². The Kier molecular flexibility index (Phi) is 4.06. The summed E-state index contributed by atoms with van der Waals surface area (Å²) >= 11 is 5.98. The van der Waals surface area contributed by atoms with E-state index in [0.717, 1.165) is 24.1 Å². The highest BCUT2D eigenvalue weighted by Crippen LogP contribution is 2.30. The van der Waals surface area contributed by atoms with Gasteiger partial charge in [0.05, 0.1) is 0 Å². The molecule has 3 heteroatoms. The molecule has 1 aromatic carbocycles. The number of halogens is 1. The summed E-state index contributed by atoms with van der Waals surface area (Å²) < 4.78 is 0. The molecule has 0 bridgehead atoms. The smallest absolute Gasteiger partial charge is 0.168 e. The van der Waals surface area contributed by atoms with Crippen LogP contribution in [0.5, 0.6) is 0 Å². The van der Waals surface area contributed by atoms with Crippen LogP contribution >= 0.6 is 11.6 Å². The number of Topliss-reactive ketones (excluding diaryl/α,β-unsaturated/α-hetero) is 1. The van der Waals surface area contributed by atoms with Gasteiger partial charge in [-0.3, -0.25) is 4.79 Å². The minimum atomic E-state index is 0.189. The molecular formula is C14H18ClNO. The molecule has 0 saturated heterocycles. The Labute approximate surface area is 107 Å². The second-order valence-electron chi connectivity index (χ2n) is 4.64. The van der Waals surface area contributed by atoms with Crippen molar-refractivity contribution in [1.82, 2.24) is 0 Å². The van der Waals surface area contributed by atoms with Crippen LogP contribution in [0.2, 0.25) is 5.02 Å². The van der Waals surface area contributed by atoms with Gasteiger partial charge in [0, 0.05) is 29.2 Å². The molecule has 1 fully saturated rings. The standard InChI is InChI=1S/C14H18ClNO/c1-16-13-8-7-11(15)9-12(13)14(17)10-5-3-2-4-6-10/h7-10,16H,2-6H2,1H3. The van der Waals surface area contributed by atoms with Gasteiger partial charge >= 0.3 is 0 Å². The van der Waals surface area contributed by atoms with E-state index in [2.05, 4.69) is 5.32 Å². The molecule has 1 N–H and O–H groups in total. The van der Waals surface area contributed by atoms with E-state index in [-0.39, 0.29) is 11.7 Å². The fraction of sp³-hybridized carbons (Fsp3) is 0.500. The van der Waals surface area contributed by atoms with E-state index in [1.54, 1.807) is 6.07 Å². The molecule has 1 aromatic rings. The summed E-state index contributed by atoms with van der Waals surface area (Å²) in [7, 11) is 1.83. The Hall–Kier alpha value is -1.02. The summed E-state index contributed by atoms with van der Waals surface area (Å²) in [6.45, 7) is 0. The van der Waals surface area contributed by atoms with Crippen LogP contribution in [0.15, 0.2) is 18.2 Å². The normalized spacial score (nSPS) is 16.8. The predicted octanol–water partition coefficient (Wildman–Crippen LogP) is 4.14. The molecule has 2 nitrogen and oxygen atoms in total. The zero-order chi connectivity index (χ0) is 12.3. The monoisotopic (exact) mass is 251 g/mol. The van der Waals surface area contributed by atoms with Gasteiger partial charge in [-0.15, -0.1) is 0 Å². The highest BCUT2D eigenvalue weighted by molar-refractivity contribution is 6.31. The van der Waals surface area contributed by atoms with Crippen LogP contribution in [0.1, 0.15) is 42.5 Å². The van der Waals surface area contributed by atoms with Crippen LogP contribution < -0.4 is 5.32 Å². The van der Waals surface area contributed by atoms with Crippen molar-refractivity contribution >= 4 is 23.1 Å². The average Bonchev–Trinajstić information content (AvgIpc) is 2.39. The van der Waals surface area contributed by atoms with E-state index in [9.17, 15) is 4.79 Å². The number of anilines is 1. The van der Waals surface area contributed by atoms with Crippen molar-refractivity contribution in [2.75, 3.05) is 12.4 Å². The molecule has 0 aromatic heterocycles. The fourth-order valence-corrected chi connectivity index (χ4v) is 2.70. The number of ketones is 1. The zero-order valence-electron chi connectivity index (χ0n) is 10.1. The summed E-state index contributed by atoms with van der Waals surface area (Å²) in [5.41, 5.74) is 1.62. The van der Waals surface area contributed by atoms with Crippen molar-refractivity contribution in [1.29, 1.82) is 0 Å². The van der Waals surface area contributed by atoms with Crippen molar-refractivity contribution in [2.45, 2.75) is 32.1 Å². The number of hydrogen-bond donors (Lipinski definition) is 1. The number of carbonyl (C=O) groups excluding carboxylic acids is 1. The van der Waals surface area contributed by atoms with Crippen LogP contribution in [-0.2, 0) is 0 Å². The molecular weight excluding hydrogens is 234 g/mol. The summed E-state index contributed by atoms with van der Waals surface area (Å²) in [6.07, 6.45) is 5.65. The van der Waals surface area contributed by atoms with Crippen LogP contribution in [0.3, 0.4) is 0 Å². The molecule has 92 valence electrons. The van der Waals surface area contributed by atoms with Gasteiger partial charge < -0.3 is 5.32 Å². The first-order valence-electron chi connectivity index (χ1n) is 6.24. The van der Waals surface area contributed by atoms with Gasteiger partial charge in [0.15, 0.2) is 5.78 Å². The molecule has 1 aliphatic rings. The summed E-state index contributed by atoms with van der Waals surface area (Å²) in [4.78, 5) is 12.4. The molecule has 0 amide bonds. The summed E-state index contributed by atoms with van der Waals surface area (Å²) in [5, 5.41) is 3.69. The van der Waals surface area contributed by atoms with Crippen molar-refractivity contribution in [3.63, 3.8) is 0 Å². The second kappa shape index (κ2) is 5.54. The maximum Gasteiger partial charge on any atom is 0.168 e. The number of nitrogens with one attached hydrogen (secondary N) is 1. The lowest BCUT2D eigenvalue weighted by Crippen LogP contribution is -2.19. The van der Waals surface area contributed by atoms with Gasteiger partial charge in [-0.25, -0.2) is 0 Å². The average molecular weight is 252 g/mol. The van der Waals surface area contributed by atoms with E-state index in [0.29, 0.717) is 5.02 Å². The minimum Gasteiger partial charge on any atom is -0.388 e. The molecule has 1 saturated carbocycles. The highest BCUT2D eigenvalue weighted by atomic mass is 35.5. The first-order chi connectivity index (χ1) is 8.22. The number of rotatable bonds is 3. The van der Waals surface area contributed by atoms with Gasteiger partial charge in [0.2, 0.25) is 0 Å². The van der Waals surface area contributed by atoms with Crippen LogP contribution in [0.4, 0.5) is 5.69 Å². The van der Waals surface area contributed by atoms with Gasteiger partial charge in [-0.05, 0) is 31.0 Å². The first-order valence-corrected chi connectivity index (χ1v) is 6.61. The fourth-order valence-electron chi connectivity index (χ4n) is 2.52. The van der Waals surface area contributed by atoms with Crippen molar-refractivity contribution < 1.29 is 4.79 Å². The van der Waals surface area contributed by atoms with E-state index in [1.165, 1.54) is 19.3 Å². The molecule has 2 rings (SSSR count). The molecule has 0 aliphatic heterocycles. The van der Waals surface area contributed by atoms with Gasteiger partial charge in [0.25, 0.3) is 0 Å². The third-order valence-corrected chi connectivity index (χ3v) is 3.73. The summed E-state index contributed by atoms with van der Waals surface area (Å²) in [6, 6.07) is 5.47. The second-order valence-corrected chi connectivity index (χ2v) is 5.08. The van der Waals surface area contributed by atoms with Gasteiger partial charge in [-0.2, -0.15) is 0 Å². The topological polar surface area (TPSA) is 29.1 Å². The quantitative estimate of drug-likeness (QED) is 0.818. The van der Waals surface area contributed by atoms with E-state index < -0.39 is 0 Å². The molecule has 0 atom stereocenters. The van der Waals surface area contributed by atoms with E-state index in [4.69, 9.17) is 11.6 Å². The molecule has 0 heterocycles. The number of carbonyl (C=O) groups is 1. The third kappa shape index (κ3) is 2.81. The Morgan fingerprint density at radius 2 is 2.00 bits per heavy atom. The zero-order valence-corrected chi connectivity index (χ0v) is 10.9.